The van der Waals surface area contributed by atoms with Crippen LogP contribution in [-0.2, 0) is 4.79 Å². The first-order valence-corrected chi connectivity index (χ1v) is 12.2. The Bertz CT molecular complexity index is 983. The fourth-order valence-corrected chi connectivity index (χ4v) is 4.31. The SMILES string of the molecule is Cc1cnc(NC2CCC(CNC(=O)c3cccc(NC(=O)CC(C)C)c3)CC2)nc1N(C)C. The molecule has 1 fully saturated rings. The van der Waals surface area contributed by atoms with Gasteiger partial charge in [-0.2, -0.15) is 4.98 Å². The Balaban J connectivity index is 1.44. The van der Waals surface area contributed by atoms with Crippen molar-refractivity contribution in [3.8, 4) is 0 Å². The van der Waals surface area contributed by atoms with Crippen molar-refractivity contribution in [2.45, 2.75) is 58.9 Å². The van der Waals surface area contributed by atoms with E-state index >= 15 is 0 Å². The van der Waals surface area contributed by atoms with E-state index in [4.69, 9.17) is 0 Å². The van der Waals surface area contributed by atoms with Gasteiger partial charge in [0, 0.05) is 56.1 Å². The number of anilines is 3. The summed E-state index contributed by atoms with van der Waals surface area (Å²) >= 11 is 0. The van der Waals surface area contributed by atoms with Crippen LogP contribution >= 0.6 is 0 Å². The van der Waals surface area contributed by atoms with Crippen LogP contribution in [0.25, 0.3) is 0 Å². The van der Waals surface area contributed by atoms with Gasteiger partial charge in [-0.1, -0.05) is 19.9 Å². The standard InChI is InChI=1S/C26H38N6O2/c1-17(2)13-23(33)29-22-8-6-7-20(14-22)25(34)27-16-19-9-11-21(12-10-19)30-26-28-15-18(3)24(31-26)32(4)5/h6-8,14-15,17,19,21H,9-13,16H2,1-5H3,(H,27,34)(H,29,33)(H,28,30,31). The van der Waals surface area contributed by atoms with Crippen molar-refractivity contribution >= 4 is 29.3 Å². The molecule has 1 aliphatic carbocycles. The number of carbonyl (C=O) groups is 2. The second-order valence-electron chi connectivity index (χ2n) is 9.89. The van der Waals surface area contributed by atoms with Crippen molar-refractivity contribution in [3.05, 3.63) is 41.6 Å². The molecule has 0 atom stereocenters. The highest BCUT2D eigenvalue weighted by Crippen LogP contribution is 2.26. The molecule has 2 aromatic rings. The molecular formula is C26H38N6O2. The minimum atomic E-state index is -0.107. The highest BCUT2D eigenvalue weighted by atomic mass is 16.2. The van der Waals surface area contributed by atoms with E-state index in [9.17, 15) is 9.59 Å². The minimum absolute atomic E-state index is 0.0353. The molecule has 1 saturated carbocycles. The second kappa shape index (κ2) is 11.8. The molecule has 1 aromatic carbocycles. The normalized spacial score (nSPS) is 17.8. The summed E-state index contributed by atoms with van der Waals surface area (Å²) < 4.78 is 0. The van der Waals surface area contributed by atoms with E-state index in [-0.39, 0.29) is 17.7 Å². The first kappa shape index (κ1) is 25.5. The van der Waals surface area contributed by atoms with Gasteiger partial charge in [-0.15, -0.1) is 0 Å². The van der Waals surface area contributed by atoms with Gasteiger partial charge in [0.05, 0.1) is 0 Å². The van der Waals surface area contributed by atoms with Gasteiger partial charge in [-0.05, 0) is 62.6 Å². The predicted molar refractivity (Wildman–Crippen MR) is 137 cm³/mol. The lowest BCUT2D eigenvalue weighted by Crippen LogP contribution is -2.34. The molecule has 0 saturated heterocycles. The van der Waals surface area contributed by atoms with Crippen LogP contribution in [0, 0.1) is 18.8 Å². The van der Waals surface area contributed by atoms with Crippen molar-refractivity contribution in [3.63, 3.8) is 0 Å². The zero-order chi connectivity index (χ0) is 24.7. The molecule has 0 aliphatic heterocycles. The number of benzene rings is 1. The molecule has 8 heteroatoms. The quantitative estimate of drug-likeness (QED) is 0.511. The van der Waals surface area contributed by atoms with Crippen molar-refractivity contribution in [2.24, 2.45) is 11.8 Å². The van der Waals surface area contributed by atoms with Gasteiger partial charge in [0.25, 0.3) is 5.91 Å². The van der Waals surface area contributed by atoms with E-state index in [0.29, 0.717) is 42.1 Å². The molecule has 3 rings (SSSR count). The maximum absolute atomic E-state index is 12.7. The molecule has 1 heterocycles. The summed E-state index contributed by atoms with van der Waals surface area (Å²) in [7, 11) is 3.97. The van der Waals surface area contributed by atoms with Crippen LogP contribution in [0.4, 0.5) is 17.5 Å². The first-order chi connectivity index (χ1) is 16.2. The molecule has 0 radical (unpaired) electrons. The van der Waals surface area contributed by atoms with Crippen LogP contribution in [0.1, 0.15) is 61.9 Å². The molecule has 8 nitrogen and oxygen atoms in total. The number of aromatic nitrogens is 2. The summed E-state index contributed by atoms with van der Waals surface area (Å²) in [6.07, 6.45) is 6.43. The van der Waals surface area contributed by atoms with Gasteiger partial charge >= 0.3 is 0 Å². The minimum Gasteiger partial charge on any atom is -0.362 e. The Labute approximate surface area is 202 Å². The maximum atomic E-state index is 12.7. The van der Waals surface area contributed by atoms with Gasteiger partial charge in [0.15, 0.2) is 0 Å². The summed E-state index contributed by atoms with van der Waals surface area (Å²) in [6, 6.07) is 7.46. The molecule has 34 heavy (non-hydrogen) atoms. The Morgan fingerprint density at radius 3 is 2.56 bits per heavy atom. The molecule has 1 aromatic heterocycles. The number of rotatable bonds is 9. The molecule has 0 spiro atoms. The van der Waals surface area contributed by atoms with E-state index < -0.39 is 0 Å². The van der Waals surface area contributed by atoms with Gasteiger partial charge in [0.2, 0.25) is 11.9 Å². The highest BCUT2D eigenvalue weighted by molar-refractivity contribution is 5.97. The van der Waals surface area contributed by atoms with Crippen molar-refractivity contribution in [1.82, 2.24) is 15.3 Å². The Morgan fingerprint density at radius 1 is 1.15 bits per heavy atom. The average molecular weight is 467 g/mol. The maximum Gasteiger partial charge on any atom is 0.251 e. The number of nitrogens with zero attached hydrogens (tertiary/aromatic N) is 3. The lowest BCUT2D eigenvalue weighted by Gasteiger charge is -2.29. The van der Waals surface area contributed by atoms with Crippen LogP contribution < -0.4 is 20.9 Å². The molecule has 2 amide bonds. The van der Waals surface area contributed by atoms with Crippen LogP contribution in [0.2, 0.25) is 0 Å². The van der Waals surface area contributed by atoms with Gasteiger partial charge in [-0.25, -0.2) is 4.98 Å². The van der Waals surface area contributed by atoms with Crippen LogP contribution in [0.15, 0.2) is 30.5 Å². The van der Waals surface area contributed by atoms with Crippen molar-refractivity contribution < 1.29 is 9.59 Å². The van der Waals surface area contributed by atoms with E-state index in [1.165, 1.54) is 0 Å². The average Bonchev–Trinajstić information content (AvgIpc) is 2.79. The number of carbonyl (C=O) groups excluding carboxylic acids is 2. The van der Waals surface area contributed by atoms with Crippen LogP contribution in [0.5, 0.6) is 0 Å². The third kappa shape index (κ3) is 7.43. The zero-order valence-corrected chi connectivity index (χ0v) is 21.0. The summed E-state index contributed by atoms with van der Waals surface area (Å²) in [4.78, 5) is 35.7. The summed E-state index contributed by atoms with van der Waals surface area (Å²) in [6.45, 7) is 6.67. The highest BCUT2D eigenvalue weighted by Gasteiger charge is 2.22. The van der Waals surface area contributed by atoms with Crippen LogP contribution in [0.3, 0.4) is 0 Å². The van der Waals surface area contributed by atoms with Crippen molar-refractivity contribution in [1.29, 1.82) is 0 Å². The Morgan fingerprint density at radius 2 is 1.88 bits per heavy atom. The van der Waals surface area contributed by atoms with E-state index in [0.717, 1.165) is 37.1 Å². The smallest absolute Gasteiger partial charge is 0.251 e. The van der Waals surface area contributed by atoms with Gasteiger partial charge in [0.1, 0.15) is 5.82 Å². The number of hydrogen-bond acceptors (Lipinski definition) is 6. The molecule has 1 aliphatic rings. The fraction of sp³-hybridized carbons (Fsp3) is 0.538. The Hall–Kier alpha value is -3.16. The molecule has 0 bridgehead atoms. The van der Waals surface area contributed by atoms with Gasteiger partial charge < -0.3 is 20.9 Å². The molecule has 0 unspecified atom stereocenters. The topological polar surface area (TPSA) is 99.2 Å². The van der Waals surface area contributed by atoms with E-state index in [2.05, 4.69) is 25.9 Å². The second-order valence-corrected chi connectivity index (χ2v) is 9.89. The molecule has 3 N–H and O–H groups in total. The fourth-order valence-electron chi connectivity index (χ4n) is 4.31. The largest absolute Gasteiger partial charge is 0.362 e. The Kier molecular flexibility index (Phi) is 8.85. The zero-order valence-electron chi connectivity index (χ0n) is 21.0. The third-order valence-corrected chi connectivity index (χ3v) is 6.10. The number of amides is 2. The lowest BCUT2D eigenvalue weighted by atomic mass is 9.86. The first-order valence-electron chi connectivity index (χ1n) is 12.2. The van der Waals surface area contributed by atoms with Gasteiger partial charge in [-0.3, -0.25) is 9.59 Å². The monoisotopic (exact) mass is 466 g/mol. The molecule has 184 valence electrons. The summed E-state index contributed by atoms with van der Waals surface area (Å²) in [5, 5.41) is 9.42. The van der Waals surface area contributed by atoms with E-state index in [1.54, 1.807) is 18.2 Å². The number of nitrogens with one attached hydrogen (secondary N) is 3. The number of aryl methyl sites for hydroxylation is 1. The lowest BCUT2D eigenvalue weighted by molar-refractivity contribution is -0.116. The predicted octanol–water partition coefficient (Wildman–Crippen LogP) is 4.24. The van der Waals surface area contributed by atoms with E-state index in [1.807, 2.05) is 52.0 Å². The third-order valence-electron chi connectivity index (χ3n) is 6.10. The summed E-state index contributed by atoms with van der Waals surface area (Å²) in [5.74, 6) is 2.20. The summed E-state index contributed by atoms with van der Waals surface area (Å²) in [5.41, 5.74) is 2.27. The number of hydrogen-bond donors (Lipinski definition) is 3. The van der Waals surface area contributed by atoms with Crippen molar-refractivity contribution in [2.75, 3.05) is 36.2 Å². The van der Waals surface area contributed by atoms with Crippen LogP contribution in [-0.4, -0.2) is 48.5 Å². The molecular weight excluding hydrogens is 428 g/mol.